The molecule has 0 heterocycles. The Balaban J connectivity index is 4.13. The van der Waals surface area contributed by atoms with Crippen molar-refractivity contribution in [3.63, 3.8) is 0 Å². The minimum Gasteiger partial charge on any atom is -0.462 e. The Morgan fingerprint density at radius 3 is 1.24 bits per heavy atom. The van der Waals surface area contributed by atoms with E-state index in [4.69, 9.17) is 14.2 Å². The fraction of sp³-hybridized carbons (Fsp3) is 0.849. The molecule has 5 nitrogen and oxygen atoms in total. The van der Waals surface area contributed by atoms with Crippen molar-refractivity contribution in [2.24, 2.45) is 0 Å². The molecule has 0 saturated heterocycles. The summed E-state index contributed by atoms with van der Waals surface area (Å²) in [6.07, 6.45) is 58.8. The van der Waals surface area contributed by atoms with Crippen LogP contribution in [-0.2, 0) is 23.8 Å². The summed E-state index contributed by atoms with van der Waals surface area (Å²) in [6, 6.07) is 0. The molecule has 0 aliphatic heterocycles. The van der Waals surface area contributed by atoms with Crippen molar-refractivity contribution in [1.29, 1.82) is 0 Å². The molecular weight excluding hydrogens is 717 g/mol. The fourth-order valence-electron chi connectivity index (χ4n) is 7.41. The van der Waals surface area contributed by atoms with Crippen molar-refractivity contribution in [3.05, 3.63) is 36.5 Å². The molecule has 0 amide bonds. The van der Waals surface area contributed by atoms with Crippen LogP contribution in [0.5, 0.6) is 0 Å². The first-order chi connectivity index (χ1) is 28.6. The number of hydrogen-bond acceptors (Lipinski definition) is 5. The van der Waals surface area contributed by atoms with E-state index >= 15 is 0 Å². The average molecular weight is 815 g/mol. The van der Waals surface area contributed by atoms with E-state index in [0.29, 0.717) is 19.4 Å². The third-order valence-corrected chi connectivity index (χ3v) is 11.2. The highest BCUT2D eigenvalue weighted by atomic mass is 16.6. The van der Waals surface area contributed by atoms with Gasteiger partial charge < -0.3 is 14.2 Å². The zero-order valence-electron chi connectivity index (χ0n) is 39.1. The second kappa shape index (κ2) is 49.5. The zero-order valence-corrected chi connectivity index (χ0v) is 39.1. The van der Waals surface area contributed by atoms with Gasteiger partial charge in [-0.1, -0.05) is 237 Å². The SMILES string of the molecule is CC/C=C\C/C=C\C/C=C\CCCCCC(=O)OCC(COCCCCCCCCCCCCCCCCCCCCCC)OC(=O)CCCCCCCCCCC. The lowest BCUT2D eigenvalue weighted by atomic mass is 10.0. The molecule has 0 aromatic rings. The summed E-state index contributed by atoms with van der Waals surface area (Å²) in [4.78, 5) is 25.2. The monoisotopic (exact) mass is 815 g/mol. The van der Waals surface area contributed by atoms with Gasteiger partial charge in [-0.15, -0.1) is 0 Å². The number of ether oxygens (including phenoxy) is 3. The Kier molecular flexibility index (Phi) is 47.9. The third kappa shape index (κ3) is 46.8. The second-order valence-electron chi connectivity index (χ2n) is 17.1. The number of hydrogen-bond donors (Lipinski definition) is 0. The van der Waals surface area contributed by atoms with E-state index in [1.165, 1.54) is 167 Å². The molecule has 0 spiro atoms. The number of rotatable bonds is 47. The lowest BCUT2D eigenvalue weighted by Gasteiger charge is -2.18. The second-order valence-corrected chi connectivity index (χ2v) is 17.1. The Morgan fingerprint density at radius 2 is 0.776 bits per heavy atom. The summed E-state index contributed by atoms with van der Waals surface area (Å²) in [7, 11) is 0. The minimum absolute atomic E-state index is 0.0755. The number of unbranched alkanes of at least 4 members (excludes halogenated alkanes) is 30. The molecule has 0 N–H and O–H groups in total. The summed E-state index contributed by atoms with van der Waals surface area (Å²) in [6.45, 7) is 7.71. The molecule has 0 radical (unpaired) electrons. The van der Waals surface area contributed by atoms with Crippen LogP contribution in [-0.4, -0.2) is 37.9 Å². The van der Waals surface area contributed by atoms with Crippen molar-refractivity contribution in [3.8, 4) is 0 Å². The Bertz CT molecular complexity index is 924. The van der Waals surface area contributed by atoms with Crippen molar-refractivity contribution in [2.45, 2.75) is 271 Å². The normalized spacial score (nSPS) is 12.4. The summed E-state index contributed by atoms with van der Waals surface area (Å²) in [5.41, 5.74) is 0. The summed E-state index contributed by atoms with van der Waals surface area (Å²) in [5, 5.41) is 0. The maximum absolute atomic E-state index is 12.7. The van der Waals surface area contributed by atoms with Crippen LogP contribution in [0.1, 0.15) is 265 Å². The standard InChI is InChI=1S/C53H98O5/c1-4-7-10-13-16-19-21-23-24-25-26-27-28-29-31-33-36-39-42-45-48-56-49-51(58-53(55)47-44-41-38-34-18-15-12-9-6-3)50-57-52(54)46-43-40-37-35-32-30-22-20-17-14-11-8-5-2/h8,11,17,20,30,32,51H,4-7,9-10,12-16,18-19,21-29,31,33-50H2,1-3H3/b11-8-,20-17-,32-30-. The van der Waals surface area contributed by atoms with Crippen LogP contribution in [0.2, 0.25) is 0 Å². The Morgan fingerprint density at radius 1 is 0.397 bits per heavy atom. The molecule has 340 valence electrons. The maximum Gasteiger partial charge on any atom is 0.306 e. The van der Waals surface area contributed by atoms with Crippen LogP contribution in [0.4, 0.5) is 0 Å². The Hall–Kier alpha value is -1.88. The largest absolute Gasteiger partial charge is 0.462 e. The van der Waals surface area contributed by atoms with Gasteiger partial charge in [0.25, 0.3) is 0 Å². The predicted molar refractivity (Wildman–Crippen MR) is 252 cm³/mol. The van der Waals surface area contributed by atoms with Crippen molar-refractivity contribution in [1.82, 2.24) is 0 Å². The number of allylic oxidation sites excluding steroid dienone is 6. The molecule has 0 bridgehead atoms. The molecule has 0 fully saturated rings. The highest BCUT2D eigenvalue weighted by Gasteiger charge is 2.17. The van der Waals surface area contributed by atoms with Crippen molar-refractivity contribution < 1.29 is 23.8 Å². The molecule has 0 aromatic heterocycles. The van der Waals surface area contributed by atoms with Gasteiger partial charge in [0, 0.05) is 19.4 Å². The zero-order chi connectivity index (χ0) is 42.1. The van der Waals surface area contributed by atoms with E-state index in [1.54, 1.807) is 0 Å². The first-order valence-electron chi connectivity index (χ1n) is 25.5. The first kappa shape index (κ1) is 56.1. The maximum atomic E-state index is 12.7. The summed E-state index contributed by atoms with van der Waals surface area (Å²) >= 11 is 0. The molecule has 58 heavy (non-hydrogen) atoms. The average Bonchev–Trinajstić information content (AvgIpc) is 3.22. The number of carbonyl (C=O) groups is 2. The van der Waals surface area contributed by atoms with Gasteiger partial charge in [-0.3, -0.25) is 9.59 Å². The van der Waals surface area contributed by atoms with Gasteiger partial charge in [0.1, 0.15) is 6.61 Å². The predicted octanol–water partition coefficient (Wildman–Crippen LogP) is 17.0. The lowest BCUT2D eigenvalue weighted by molar-refractivity contribution is -0.163. The molecule has 0 aromatic carbocycles. The molecule has 0 rings (SSSR count). The summed E-state index contributed by atoms with van der Waals surface area (Å²) in [5.74, 6) is -0.421. The van der Waals surface area contributed by atoms with E-state index < -0.39 is 6.10 Å². The molecule has 5 heteroatoms. The van der Waals surface area contributed by atoms with Gasteiger partial charge in [0.2, 0.25) is 0 Å². The van der Waals surface area contributed by atoms with Crippen LogP contribution in [0, 0.1) is 0 Å². The highest BCUT2D eigenvalue weighted by molar-refractivity contribution is 5.70. The molecule has 0 aliphatic rings. The van der Waals surface area contributed by atoms with Crippen LogP contribution in [0.3, 0.4) is 0 Å². The van der Waals surface area contributed by atoms with Crippen LogP contribution < -0.4 is 0 Å². The van der Waals surface area contributed by atoms with Gasteiger partial charge in [-0.2, -0.15) is 0 Å². The number of esters is 2. The highest BCUT2D eigenvalue weighted by Crippen LogP contribution is 2.16. The first-order valence-corrected chi connectivity index (χ1v) is 25.5. The fourth-order valence-corrected chi connectivity index (χ4v) is 7.41. The van der Waals surface area contributed by atoms with Gasteiger partial charge >= 0.3 is 11.9 Å². The minimum atomic E-state index is -0.540. The van der Waals surface area contributed by atoms with E-state index in [1.807, 2.05) is 0 Å². The third-order valence-electron chi connectivity index (χ3n) is 11.2. The molecular formula is C53H98O5. The van der Waals surface area contributed by atoms with Crippen molar-refractivity contribution in [2.75, 3.05) is 19.8 Å². The molecule has 0 saturated carbocycles. The van der Waals surface area contributed by atoms with E-state index in [9.17, 15) is 9.59 Å². The number of carbonyl (C=O) groups excluding carboxylic acids is 2. The van der Waals surface area contributed by atoms with Gasteiger partial charge in [-0.05, 0) is 51.4 Å². The van der Waals surface area contributed by atoms with Crippen LogP contribution in [0.15, 0.2) is 36.5 Å². The quantitative estimate of drug-likeness (QED) is 0.0348. The molecule has 1 atom stereocenters. The summed E-state index contributed by atoms with van der Waals surface area (Å²) < 4.78 is 17.3. The molecule has 0 aliphatic carbocycles. The van der Waals surface area contributed by atoms with E-state index in [2.05, 4.69) is 57.2 Å². The lowest BCUT2D eigenvalue weighted by Crippen LogP contribution is -2.30. The van der Waals surface area contributed by atoms with E-state index in [0.717, 1.165) is 64.2 Å². The van der Waals surface area contributed by atoms with Crippen molar-refractivity contribution >= 4 is 11.9 Å². The Labute approximate surface area is 361 Å². The van der Waals surface area contributed by atoms with Gasteiger partial charge in [0.05, 0.1) is 6.61 Å². The molecule has 1 unspecified atom stereocenters. The van der Waals surface area contributed by atoms with Crippen LogP contribution >= 0.6 is 0 Å². The van der Waals surface area contributed by atoms with Gasteiger partial charge in [-0.25, -0.2) is 0 Å². The topological polar surface area (TPSA) is 61.8 Å². The van der Waals surface area contributed by atoms with Crippen LogP contribution in [0.25, 0.3) is 0 Å². The smallest absolute Gasteiger partial charge is 0.306 e. The van der Waals surface area contributed by atoms with E-state index in [-0.39, 0.29) is 25.2 Å². The van der Waals surface area contributed by atoms with Gasteiger partial charge in [0.15, 0.2) is 6.10 Å².